The second kappa shape index (κ2) is 15.4. The molecule has 330 valence electrons. The van der Waals surface area contributed by atoms with Crippen molar-refractivity contribution in [2.75, 3.05) is 28.2 Å². The highest BCUT2D eigenvalue weighted by atomic mass is 16.2. The number of amides is 2. The van der Waals surface area contributed by atoms with E-state index in [4.69, 9.17) is 0 Å². The Hall–Kier alpha value is -2.00. The first-order chi connectivity index (χ1) is 26.2. The van der Waals surface area contributed by atoms with Crippen LogP contribution < -0.4 is 0 Å². The molecule has 8 heteroatoms. The molecule has 4 aliphatic heterocycles. The van der Waals surface area contributed by atoms with Crippen molar-refractivity contribution in [3.05, 3.63) is 35.9 Å². The first-order valence-corrected chi connectivity index (χ1v) is 22.8. The number of hydrogen-bond donors (Lipinski definition) is 0. The largest absolute Gasteiger partial charge is 0.336 e. The Morgan fingerprint density at radius 3 is 0.862 bits per heavy atom. The minimum absolute atomic E-state index is 0.00984. The molecular formula is C50H88N6O2. The van der Waals surface area contributed by atoms with Crippen LogP contribution in [0, 0.1) is 5.92 Å². The summed E-state index contributed by atoms with van der Waals surface area (Å²) in [5, 5.41) is 0. The molecule has 0 aliphatic carbocycles. The molecule has 0 unspecified atom stereocenters. The SMILES string of the molecule is CN1C(C)(C)CC(N(C(=O)C(Cc2ccccc2)C(=O)N(C2CC(C)(C)N(C)C(C)(C)C2)C2CC(C)(C)N(C)C(C)(C)C2)C2CC(C)(C)N(C)C(C)(C)C2)CC1(C)C. The quantitative estimate of drug-likeness (QED) is 0.245. The lowest BCUT2D eigenvalue weighted by atomic mass is 9.72. The maximum atomic E-state index is 16.4. The molecule has 2 amide bonds. The zero-order chi connectivity index (χ0) is 44.0. The maximum absolute atomic E-state index is 16.4. The normalized spacial score (nSPS) is 28.0. The van der Waals surface area contributed by atoms with Crippen LogP contribution in [0.25, 0.3) is 0 Å². The van der Waals surface area contributed by atoms with Gasteiger partial charge < -0.3 is 9.80 Å². The number of likely N-dealkylation sites (tertiary alicyclic amines) is 4. The predicted molar refractivity (Wildman–Crippen MR) is 243 cm³/mol. The topological polar surface area (TPSA) is 53.6 Å². The molecule has 4 aliphatic rings. The highest BCUT2D eigenvalue weighted by Gasteiger charge is 2.56. The molecule has 1 aromatic carbocycles. The smallest absolute Gasteiger partial charge is 0.235 e. The first kappa shape index (κ1) is 47.1. The summed E-state index contributed by atoms with van der Waals surface area (Å²) in [6.45, 7) is 37.5. The van der Waals surface area contributed by atoms with Crippen molar-refractivity contribution in [2.24, 2.45) is 5.92 Å². The second-order valence-electron chi connectivity index (χ2n) is 24.7. The van der Waals surface area contributed by atoms with Gasteiger partial charge in [-0.1, -0.05) is 30.3 Å². The lowest BCUT2D eigenvalue weighted by molar-refractivity contribution is -0.164. The molecule has 0 radical (unpaired) electrons. The zero-order valence-corrected chi connectivity index (χ0v) is 41.1. The maximum Gasteiger partial charge on any atom is 0.235 e. The van der Waals surface area contributed by atoms with Gasteiger partial charge in [-0.25, -0.2) is 0 Å². The molecule has 0 bridgehead atoms. The van der Waals surface area contributed by atoms with Crippen LogP contribution in [-0.2, 0) is 16.0 Å². The van der Waals surface area contributed by atoms with Crippen molar-refractivity contribution in [3.8, 4) is 0 Å². The number of rotatable bonds is 8. The minimum atomic E-state index is -0.823. The monoisotopic (exact) mass is 805 g/mol. The summed E-state index contributed by atoms with van der Waals surface area (Å²) in [5.41, 5.74) is 0.0749. The molecule has 4 heterocycles. The second-order valence-corrected chi connectivity index (χ2v) is 24.7. The van der Waals surface area contributed by atoms with E-state index in [9.17, 15) is 0 Å². The molecule has 0 N–H and O–H groups in total. The highest BCUT2D eigenvalue weighted by molar-refractivity contribution is 6.01. The fraction of sp³-hybridized carbons (Fsp3) is 0.840. The van der Waals surface area contributed by atoms with E-state index in [1.807, 2.05) is 6.07 Å². The van der Waals surface area contributed by atoms with Crippen LogP contribution in [0.4, 0.5) is 0 Å². The van der Waals surface area contributed by atoms with Crippen LogP contribution in [0.5, 0.6) is 0 Å². The van der Waals surface area contributed by atoms with Crippen molar-refractivity contribution in [3.63, 3.8) is 0 Å². The van der Waals surface area contributed by atoms with Crippen LogP contribution >= 0.6 is 0 Å². The van der Waals surface area contributed by atoms with Crippen LogP contribution in [0.2, 0.25) is 0 Å². The third-order valence-corrected chi connectivity index (χ3v) is 17.1. The summed E-state index contributed by atoms with van der Waals surface area (Å²) in [6.07, 6.45) is 7.38. The van der Waals surface area contributed by atoms with Gasteiger partial charge in [0, 0.05) is 68.5 Å². The van der Waals surface area contributed by atoms with E-state index in [2.05, 4.69) is 193 Å². The Labute approximate surface area is 356 Å². The van der Waals surface area contributed by atoms with Gasteiger partial charge in [0.15, 0.2) is 0 Å². The third kappa shape index (κ3) is 8.98. The Bertz CT molecular complexity index is 1390. The molecule has 1 aromatic rings. The van der Waals surface area contributed by atoms with Crippen LogP contribution in [0.15, 0.2) is 30.3 Å². The minimum Gasteiger partial charge on any atom is -0.336 e. The summed E-state index contributed by atoms with van der Waals surface area (Å²) in [7, 11) is 9.00. The standard InChI is InChI=1S/C50H88N6O2/c1-43(2)27-36(28-44(3,4)51(43)17)55(37-29-45(5,6)52(18)46(7,8)30-37)41(57)40(26-35-24-22-21-23-25-35)42(58)56(38-31-47(9,10)53(19)48(11,12)32-38)39-33-49(13,14)54(20)50(15,16)34-39/h21-25,36-40H,26-34H2,1-20H3. The molecule has 8 nitrogen and oxygen atoms in total. The van der Waals surface area contributed by atoms with E-state index >= 15 is 9.59 Å². The number of hydrogen-bond acceptors (Lipinski definition) is 6. The Morgan fingerprint density at radius 2 is 0.655 bits per heavy atom. The Morgan fingerprint density at radius 1 is 0.448 bits per heavy atom. The average molecular weight is 805 g/mol. The summed E-state index contributed by atoms with van der Waals surface area (Å²) < 4.78 is 0. The third-order valence-electron chi connectivity index (χ3n) is 17.1. The fourth-order valence-corrected chi connectivity index (χ4v) is 12.9. The molecule has 5 rings (SSSR count). The van der Waals surface area contributed by atoms with Gasteiger partial charge in [-0.05, 0) is 202 Å². The summed E-state index contributed by atoms with van der Waals surface area (Å²) >= 11 is 0. The van der Waals surface area contributed by atoms with Gasteiger partial charge in [-0.3, -0.25) is 29.2 Å². The molecule has 0 spiro atoms. The van der Waals surface area contributed by atoms with E-state index in [-0.39, 0.29) is 80.3 Å². The van der Waals surface area contributed by atoms with Gasteiger partial charge in [0.05, 0.1) is 0 Å². The summed E-state index contributed by atoms with van der Waals surface area (Å²) in [6, 6.07) is 10.4. The fourth-order valence-electron chi connectivity index (χ4n) is 12.9. The molecule has 4 saturated heterocycles. The highest BCUT2D eigenvalue weighted by Crippen LogP contribution is 2.47. The van der Waals surface area contributed by atoms with Crippen molar-refractivity contribution in [1.29, 1.82) is 0 Å². The van der Waals surface area contributed by atoms with E-state index in [0.717, 1.165) is 56.9 Å². The van der Waals surface area contributed by atoms with Crippen molar-refractivity contribution in [1.82, 2.24) is 29.4 Å². The Kier molecular flexibility index (Phi) is 12.5. The molecule has 0 atom stereocenters. The van der Waals surface area contributed by atoms with E-state index in [1.54, 1.807) is 0 Å². The number of carbonyl (C=O) groups is 2. The van der Waals surface area contributed by atoms with Gasteiger partial charge in [0.25, 0.3) is 0 Å². The van der Waals surface area contributed by atoms with Crippen molar-refractivity contribution in [2.45, 2.75) is 237 Å². The molecular weight excluding hydrogens is 717 g/mol. The zero-order valence-electron chi connectivity index (χ0n) is 41.1. The van der Waals surface area contributed by atoms with Crippen LogP contribution in [-0.4, -0.2) is 138 Å². The molecule has 0 aromatic heterocycles. The van der Waals surface area contributed by atoms with Crippen LogP contribution in [0.3, 0.4) is 0 Å². The summed E-state index contributed by atoms with van der Waals surface area (Å²) in [4.78, 5) is 47.6. The lowest BCUT2D eigenvalue weighted by Gasteiger charge is -2.61. The lowest BCUT2D eigenvalue weighted by Crippen LogP contribution is -2.70. The Balaban J connectivity index is 1.71. The summed E-state index contributed by atoms with van der Waals surface area (Å²) in [5.74, 6) is -0.742. The molecule has 0 saturated carbocycles. The van der Waals surface area contributed by atoms with E-state index in [1.165, 1.54) is 0 Å². The number of carbonyl (C=O) groups excluding carboxylic acids is 2. The molecule has 4 fully saturated rings. The van der Waals surface area contributed by atoms with Crippen molar-refractivity contribution < 1.29 is 9.59 Å². The van der Waals surface area contributed by atoms with Gasteiger partial charge in [0.1, 0.15) is 5.92 Å². The molecule has 58 heavy (non-hydrogen) atoms. The average Bonchev–Trinajstić information content (AvgIpc) is 3.06. The van der Waals surface area contributed by atoms with Gasteiger partial charge in [-0.2, -0.15) is 0 Å². The van der Waals surface area contributed by atoms with E-state index in [0.29, 0.717) is 6.42 Å². The first-order valence-electron chi connectivity index (χ1n) is 22.8. The van der Waals surface area contributed by atoms with Crippen LogP contribution in [0.1, 0.15) is 168 Å². The predicted octanol–water partition coefficient (Wildman–Crippen LogP) is 9.11. The van der Waals surface area contributed by atoms with Gasteiger partial charge in [-0.15, -0.1) is 0 Å². The number of nitrogens with zero attached hydrogens (tertiary/aromatic N) is 6. The van der Waals surface area contributed by atoms with Crippen molar-refractivity contribution >= 4 is 11.8 Å². The number of benzene rings is 1. The van der Waals surface area contributed by atoms with E-state index < -0.39 is 5.92 Å². The van der Waals surface area contributed by atoms with Gasteiger partial charge in [0.2, 0.25) is 11.8 Å². The van der Waals surface area contributed by atoms with Gasteiger partial charge >= 0.3 is 0 Å². The number of piperidine rings is 4.